The Kier molecular flexibility index (Phi) is 4.81. The Hall–Kier alpha value is -2.32. The van der Waals surface area contributed by atoms with E-state index in [4.69, 9.17) is 0 Å². The van der Waals surface area contributed by atoms with E-state index in [0.717, 1.165) is 12.5 Å². The van der Waals surface area contributed by atoms with E-state index in [1.54, 1.807) is 0 Å². The molecule has 1 saturated heterocycles. The van der Waals surface area contributed by atoms with E-state index in [-0.39, 0.29) is 30.6 Å². The lowest BCUT2D eigenvalue weighted by Crippen LogP contribution is -2.47. The van der Waals surface area contributed by atoms with Gasteiger partial charge in [-0.1, -0.05) is 0 Å². The maximum Gasteiger partial charge on any atom is 0.288 e. The number of rotatable bonds is 5. The number of alkyl halides is 2. The van der Waals surface area contributed by atoms with Gasteiger partial charge in [0.15, 0.2) is 0 Å². The van der Waals surface area contributed by atoms with Gasteiger partial charge in [-0.05, 0) is 33.1 Å². The van der Waals surface area contributed by atoms with Crippen molar-refractivity contribution in [1.82, 2.24) is 20.6 Å². The maximum atomic E-state index is 13.8. The predicted octanol–water partition coefficient (Wildman–Crippen LogP) is 1.58. The zero-order valence-corrected chi connectivity index (χ0v) is 16.0. The Balaban J connectivity index is 1.72. The summed E-state index contributed by atoms with van der Waals surface area (Å²) in [5, 5.41) is 5.30. The van der Waals surface area contributed by atoms with Crippen molar-refractivity contribution in [3.63, 3.8) is 0 Å². The quantitative estimate of drug-likeness (QED) is 0.809. The number of anilines is 1. The first-order chi connectivity index (χ1) is 12.6. The average Bonchev–Trinajstić information content (AvgIpc) is 3.32. The number of halogens is 2. The summed E-state index contributed by atoms with van der Waals surface area (Å²) in [4.78, 5) is 34.8. The van der Waals surface area contributed by atoms with E-state index in [0.29, 0.717) is 31.0 Å². The topological polar surface area (TPSA) is 87.2 Å². The second-order valence-electron chi connectivity index (χ2n) is 7.54. The van der Waals surface area contributed by atoms with Gasteiger partial charge in [-0.3, -0.25) is 9.59 Å². The van der Waals surface area contributed by atoms with Crippen LogP contribution >= 0.6 is 0 Å². The molecule has 1 atom stereocenters. The van der Waals surface area contributed by atoms with E-state index < -0.39 is 17.2 Å². The number of nitrogens with zero attached hydrogens (tertiary/aromatic N) is 3. The Morgan fingerprint density at radius 2 is 1.93 bits per heavy atom. The number of carbonyl (C=O) groups is 2. The first-order valence-electron chi connectivity index (χ1n) is 9.10. The monoisotopic (exact) mass is 381 g/mol. The van der Waals surface area contributed by atoms with Gasteiger partial charge in [0, 0.05) is 44.4 Å². The van der Waals surface area contributed by atoms with Crippen LogP contribution in [0.15, 0.2) is 0 Å². The van der Waals surface area contributed by atoms with E-state index in [9.17, 15) is 18.4 Å². The molecule has 0 aromatic carbocycles. The molecular weight excluding hydrogens is 356 g/mol. The molecule has 1 saturated carbocycles. The number of aryl methyl sites for hydroxylation is 1. The molecule has 2 heterocycles. The standard InChI is InChI=1S/C18H25F2N5O2/c1-10-11(2)22-13(15(26)21-4)24-14(10)25-8-5-12(9-25)23-16(27)18(6-7-18)17(3,19)20/h12H,5-9H2,1-4H3,(H,21,26)(H,23,27)/t12-/m1/s1. The van der Waals surface area contributed by atoms with Gasteiger partial charge in [0.25, 0.3) is 11.8 Å². The minimum atomic E-state index is -3.02. The molecular formula is C18H25F2N5O2. The summed E-state index contributed by atoms with van der Waals surface area (Å²) in [6.07, 6.45) is 1.08. The first kappa shape index (κ1) is 19.4. The van der Waals surface area contributed by atoms with Crippen LogP contribution in [0.1, 0.15) is 48.1 Å². The lowest BCUT2D eigenvalue weighted by atomic mass is 9.98. The minimum absolute atomic E-state index is 0.0886. The van der Waals surface area contributed by atoms with Crippen LogP contribution in [0.3, 0.4) is 0 Å². The minimum Gasteiger partial charge on any atom is -0.354 e. The van der Waals surface area contributed by atoms with Gasteiger partial charge >= 0.3 is 0 Å². The zero-order chi connectivity index (χ0) is 20.0. The van der Waals surface area contributed by atoms with Gasteiger partial charge in [0.1, 0.15) is 11.2 Å². The van der Waals surface area contributed by atoms with Crippen molar-refractivity contribution in [2.45, 2.75) is 52.0 Å². The maximum absolute atomic E-state index is 13.8. The smallest absolute Gasteiger partial charge is 0.288 e. The molecule has 7 nitrogen and oxygen atoms in total. The van der Waals surface area contributed by atoms with Crippen molar-refractivity contribution in [3.05, 3.63) is 17.1 Å². The molecule has 0 bridgehead atoms. The Bertz CT molecular complexity index is 774. The van der Waals surface area contributed by atoms with Crippen LogP contribution in [-0.4, -0.2) is 53.9 Å². The second-order valence-corrected chi connectivity index (χ2v) is 7.54. The van der Waals surface area contributed by atoms with Crippen LogP contribution in [0, 0.1) is 19.3 Å². The third-order valence-electron chi connectivity index (χ3n) is 5.64. The number of carbonyl (C=O) groups excluding carboxylic acids is 2. The van der Waals surface area contributed by atoms with Gasteiger partial charge in [0.05, 0.1) is 0 Å². The summed E-state index contributed by atoms with van der Waals surface area (Å²) < 4.78 is 27.5. The Morgan fingerprint density at radius 1 is 1.26 bits per heavy atom. The molecule has 3 rings (SSSR count). The average molecular weight is 381 g/mol. The highest BCUT2D eigenvalue weighted by Gasteiger charge is 2.64. The number of aromatic nitrogens is 2. The lowest BCUT2D eigenvalue weighted by Gasteiger charge is -2.25. The highest BCUT2D eigenvalue weighted by molar-refractivity contribution is 5.90. The Labute approximate surface area is 156 Å². The van der Waals surface area contributed by atoms with Crippen molar-refractivity contribution in [2.75, 3.05) is 25.0 Å². The summed E-state index contributed by atoms with van der Waals surface area (Å²) >= 11 is 0. The summed E-state index contributed by atoms with van der Waals surface area (Å²) in [5.74, 6) is -3.23. The fourth-order valence-electron chi connectivity index (χ4n) is 3.52. The molecule has 1 aliphatic heterocycles. The SMILES string of the molecule is CNC(=O)c1nc(C)c(C)c(N2CC[C@@H](NC(=O)C3(C(C)(F)F)CC3)C2)n1. The lowest BCUT2D eigenvalue weighted by molar-refractivity contribution is -0.142. The predicted molar refractivity (Wildman–Crippen MR) is 95.9 cm³/mol. The molecule has 2 aliphatic rings. The summed E-state index contributed by atoms with van der Waals surface area (Å²) in [5.41, 5.74) is 0.0100. The highest BCUT2D eigenvalue weighted by Crippen LogP contribution is 2.56. The van der Waals surface area contributed by atoms with Crippen LogP contribution in [0.2, 0.25) is 0 Å². The van der Waals surface area contributed by atoms with E-state index in [1.165, 1.54) is 7.05 Å². The van der Waals surface area contributed by atoms with Crippen molar-refractivity contribution in [1.29, 1.82) is 0 Å². The molecule has 9 heteroatoms. The molecule has 2 amide bonds. The molecule has 148 valence electrons. The summed E-state index contributed by atoms with van der Waals surface area (Å²) in [6, 6.07) is -0.226. The Morgan fingerprint density at radius 3 is 2.48 bits per heavy atom. The first-order valence-corrected chi connectivity index (χ1v) is 9.10. The van der Waals surface area contributed by atoms with Gasteiger partial charge in [-0.15, -0.1) is 0 Å². The van der Waals surface area contributed by atoms with E-state index in [2.05, 4.69) is 20.6 Å². The van der Waals surface area contributed by atoms with E-state index in [1.807, 2.05) is 18.7 Å². The normalized spacial score (nSPS) is 21.1. The molecule has 0 spiro atoms. The third kappa shape index (κ3) is 3.46. The molecule has 0 radical (unpaired) electrons. The van der Waals surface area contributed by atoms with Gasteiger partial charge in [-0.2, -0.15) is 0 Å². The second kappa shape index (κ2) is 6.69. The molecule has 0 unspecified atom stereocenters. The fraction of sp³-hybridized carbons (Fsp3) is 0.667. The van der Waals surface area contributed by atoms with Crippen LogP contribution in [0.25, 0.3) is 0 Å². The molecule has 2 fully saturated rings. The third-order valence-corrected chi connectivity index (χ3v) is 5.64. The number of amides is 2. The van der Waals surface area contributed by atoms with Crippen LogP contribution < -0.4 is 15.5 Å². The van der Waals surface area contributed by atoms with E-state index >= 15 is 0 Å². The van der Waals surface area contributed by atoms with Crippen molar-refractivity contribution >= 4 is 17.6 Å². The molecule has 1 aliphatic carbocycles. The van der Waals surface area contributed by atoms with Crippen LogP contribution in [0.5, 0.6) is 0 Å². The molecule has 1 aromatic heterocycles. The van der Waals surface area contributed by atoms with Gasteiger partial charge in [-0.25, -0.2) is 18.7 Å². The largest absolute Gasteiger partial charge is 0.354 e. The fourth-order valence-corrected chi connectivity index (χ4v) is 3.52. The number of hydrogen-bond acceptors (Lipinski definition) is 5. The number of nitrogens with one attached hydrogen (secondary N) is 2. The molecule has 1 aromatic rings. The molecule has 27 heavy (non-hydrogen) atoms. The summed E-state index contributed by atoms with van der Waals surface area (Å²) in [7, 11) is 1.51. The summed E-state index contributed by atoms with van der Waals surface area (Å²) in [6.45, 7) is 5.57. The highest BCUT2D eigenvalue weighted by atomic mass is 19.3. The van der Waals surface area contributed by atoms with Gasteiger partial charge in [0.2, 0.25) is 11.7 Å². The van der Waals surface area contributed by atoms with Gasteiger partial charge < -0.3 is 15.5 Å². The van der Waals surface area contributed by atoms with Crippen molar-refractivity contribution < 1.29 is 18.4 Å². The van der Waals surface area contributed by atoms with Crippen LogP contribution in [-0.2, 0) is 4.79 Å². The van der Waals surface area contributed by atoms with Crippen LogP contribution in [0.4, 0.5) is 14.6 Å². The van der Waals surface area contributed by atoms with Crippen molar-refractivity contribution in [2.24, 2.45) is 5.41 Å². The van der Waals surface area contributed by atoms with Crippen molar-refractivity contribution in [3.8, 4) is 0 Å². The number of hydrogen-bond donors (Lipinski definition) is 2. The zero-order valence-electron chi connectivity index (χ0n) is 16.0. The molecule has 2 N–H and O–H groups in total.